The molecule has 0 radical (unpaired) electrons. The first-order valence-corrected chi connectivity index (χ1v) is 6.89. The van der Waals surface area contributed by atoms with Crippen LogP contribution in [0.15, 0.2) is 18.2 Å². The largest absolute Gasteiger partial charge is 0.505 e. The number of nitrogens with one attached hydrogen (secondary N) is 1. The van der Waals surface area contributed by atoms with Crippen LogP contribution in [0.5, 0.6) is 5.75 Å². The van der Waals surface area contributed by atoms with Gasteiger partial charge in [0.25, 0.3) is 5.91 Å². The molecule has 0 bridgehead atoms. The molecule has 1 aromatic carbocycles. The van der Waals surface area contributed by atoms with E-state index in [1.807, 2.05) is 0 Å². The third kappa shape index (κ3) is 2.83. The van der Waals surface area contributed by atoms with E-state index in [0.717, 1.165) is 12.8 Å². The van der Waals surface area contributed by atoms with Gasteiger partial charge in [-0.2, -0.15) is 0 Å². The Bertz CT molecular complexity index is 473. The molecule has 1 amide bonds. The SMILES string of the molecule is CC1CCCC(NC(=O)c2cccc(N)c2O)C1C. The van der Waals surface area contributed by atoms with Gasteiger partial charge in [-0.3, -0.25) is 4.79 Å². The van der Waals surface area contributed by atoms with Crippen LogP contribution in [-0.4, -0.2) is 17.1 Å². The number of nitrogens with two attached hydrogens (primary N) is 1. The van der Waals surface area contributed by atoms with Crippen molar-refractivity contribution in [1.29, 1.82) is 0 Å². The van der Waals surface area contributed by atoms with Gasteiger partial charge in [-0.15, -0.1) is 0 Å². The van der Waals surface area contributed by atoms with Crippen LogP contribution in [0.4, 0.5) is 5.69 Å². The molecule has 1 aliphatic rings. The summed E-state index contributed by atoms with van der Waals surface area (Å²) in [7, 11) is 0. The first kappa shape index (κ1) is 13.7. The average molecular weight is 262 g/mol. The van der Waals surface area contributed by atoms with E-state index in [4.69, 9.17) is 5.73 Å². The highest BCUT2D eigenvalue weighted by atomic mass is 16.3. The van der Waals surface area contributed by atoms with Crippen LogP contribution in [0.2, 0.25) is 0 Å². The number of anilines is 1. The molecule has 2 rings (SSSR count). The molecule has 4 nitrogen and oxygen atoms in total. The second-order valence-electron chi connectivity index (χ2n) is 5.59. The standard InChI is InChI=1S/C15H22N2O2/c1-9-5-3-8-13(10(9)2)17-15(19)11-6-4-7-12(16)14(11)18/h4,6-7,9-10,13,18H,3,5,8,16H2,1-2H3,(H,17,19). The van der Waals surface area contributed by atoms with E-state index < -0.39 is 0 Å². The molecule has 0 aromatic heterocycles. The Balaban J connectivity index is 2.10. The van der Waals surface area contributed by atoms with Gasteiger partial charge >= 0.3 is 0 Å². The summed E-state index contributed by atoms with van der Waals surface area (Å²) in [5, 5.41) is 12.9. The van der Waals surface area contributed by atoms with E-state index in [1.165, 1.54) is 6.42 Å². The van der Waals surface area contributed by atoms with Gasteiger partial charge in [-0.25, -0.2) is 0 Å². The van der Waals surface area contributed by atoms with E-state index in [0.29, 0.717) is 11.8 Å². The predicted molar refractivity (Wildman–Crippen MR) is 76.0 cm³/mol. The maximum absolute atomic E-state index is 12.2. The number of para-hydroxylation sites is 1. The molecule has 0 heterocycles. The second-order valence-corrected chi connectivity index (χ2v) is 5.59. The normalized spacial score (nSPS) is 26.9. The molecule has 4 heteroatoms. The zero-order valence-corrected chi connectivity index (χ0v) is 11.5. The summed E-state index contributed by atoms with van der Waals surface area (Å²) in [6.07, 6.45) is 3.36. The average Bonchev–Trinajstić information content (AvgIpc) is 2.38. The molecule has 1 fully saturated rings. The Morgan fingerprint density at radius 2 is 2.11 bits per heavy atom. The maximum Gasteiger partial charge on any atom is 0.255 e. The lowest BCUT2D eigenvalue weighted by molar-refractivity contribution is 0.0888. The van der Waals surface area contributed by atoms with Crippen LogP contribution >= 0.6 is 0 Å². The molecule has 4 N–H and O–H groups in total. The minimum absolute atomic E-state index is 0.128. The fourth-order valence-corrected chi connectivity index (χ4v) is 2.78. The molecule has 1 saturated carbocycles. The number of phenols is 1. The van der Waals surface area contributed by atoms with Crippen LogP contribution in [0.3, 0.4) is 0 Å². The van der Waals surface area contributed by atoms with Crippen molar-refractivity contribution in [2.24, 2.45) is 11.8 Å². The summed E-state index contributed by atoms with van der Waals surface area (Å²) in [6, 6.07) is 5.03. The number of hydrogen-bond acceptors (Lipinski definition) is 3. The zero-order valence-electron chi connectivity index (χ0n) is 11.5. The first-order valence-electron chi connectivity index (χ1n) is 6.89. The summed E-state index contributed by atoms with van der Waals surface area (Å²) in [5.74, 6) is 0.710. The smallest absolute Gasteiger partial charge is 0.255 e. The van der Waals surface area contributed by atoms with Gasteiger partial charge in [0.2, 0.25) is 0 Å². The van der Waals surface area contributed by atoms with Crippen molar-refractivity contribution in [3.63, 3.8) is 0 Å². The van der Waals surface area contributed by atoms with Gasteiger partial charge in [0.15, 0.2) is 5.75 Å². The van der Waals surface area contributed by atoms with Gasteiger partial charge in [0.1, 0.15) is 0 Å². The van der Waals surface area contributed by atoms with Crippen LogP contribution < -0.4 is 11.1 Å². The van der Waals surface area contributed by atoms with E-state index in [9.17, 15) is 9.90 Å². The number of carbonyl (C=O) groups excluding carboxylic acids is 1. The van der Waals surface area contributed by atoms with Gasteiger partial charge in [-0.05, 0) is 30.4 Å². The number of hydrogen-bond donors (Lipinski definition) is 3. The van der Waals surface area contributed by atoms with Crippen molar-refractivity contribution in [3.05, 3.63) is 23.8 Å². The molecule has 3 atom stereocenters. The second kappa shape index (κ2) is 5.51. The first-order chi connectivity index (χ1) is 9.00. The van der Waals surface area contributed by atoms with E-state index in [2.05, 4.69) is 19.2 Å². The number of benzene rings is 1. The minimum atomic E-state index is -0.240. The molecular formula is C15H22N2O2. The number of carbonyl (C=O) groups is 1. The lowest BCUT2D eigenvalue weighted by Gasteiger charge is -2.34. The fourth-order valence-electron chi connectivity index (χ4n) is 2.78. The van der Waals surface area contributed by atoms with Crippen molar-refractivity contribution in [3.8, 4) is 5.75 Å². The summed E-state index contributed by atoms with van der Waals surface area (Å²) < 4.78 is 0. The fraction of sp³-hybridized carbons (Fsp3) is 0.533. The molecule has 3 unspecified atom stereocenters. The molecule has 104 valence electrons. The zero-order chi connectivity index (χ0) is 14.0. The summed E-state index contributed by atoms with van der Waals surface area (Å²) >= 11 is 0. The monoisotopic (exact) mass is 262 g/mol. The highest BCUT2D eigenvalue weighted by Gasteiger charge is 2.28. The van der Waals surface area contributed by atoms with E-state index in [-0.39, 0.29) is 28.9 Å². The topological polar surface area (TPSA) is 75.4 Å². The number of amides is 1. The number of phenolic OH excluding ortho intramolecular Hbond substituents is 1. The van der Waals surface area contributed by atoms with Crippen LogP contribution in [0, 0.1) is 11.8 Å². The number of rotatable bonds is 2. The quantitative estimate of drug-likeness (QED) is 0.566. The van der Waals surface area contributed by atoms with Crippen molar-refractivity contribution < 1.29 is 9.90 Å². The molecule has 0 aliphatic heterocycles. The Labute approximate surface area is 114 Å². The van der Waals surface area contributed by atoms with Gasteiger partial charge in [0, 0.05) is 6.04 Å². The number of aromatic hydroxyl groups is 1. The Morgan fingerprint density at radius 1 is 1.37 bits per heavy atom. The lowest BCUT2D eigenvalue weighted by Crippen LogP contribution is -2.43. The molecule has 0 spiro atoms. The lowest BCUT2D eigenvalue weighted by atomic mass is 9.78. The maximum atomic E-state index is 12.2. The Hall–Kier alpha value is -1.71. The molecular weight excluding hydrogens is 240 g/mol. The van der Waals surface area contributed by atoms with Crippen molar-refractivity contribution in [2.75, 3.05) is 5.73 Å². The summed E-state index contributed by atoms with van der Waals surface area (Å²) in [5.41, 5.74) is 6.10. The van der Waals surface area contributed by atoms with Crippen LogP contribution in [0.25, 0.3) is 0 Å². The molecule has 1 aliphatic carbocycles. The third-order valence-corrected chi connectivity index (χ3v) is 4.34. The highest BCUT2D eigenvalue weighted by molar-refractivity contribution is 5.98. The van der Waals surface area contributed by atoms with Crippen LogP contribution in [0.1, 0.15) is 43.5 Å². The summed E-state index contributed by atoms with van der Waals surface area (Å²) in [4.78, 5) is 12.2. The van der Waals surface area contributed by atoms with E-state index >= 15 is 0 Å². The van der Waals surface area contributed by atoms with Crippen molar-refractivity contribution >= 4 is 11.6 Å². The Morgan fingerprint density at radius 3 is 2.84 bits per heavy atom. The van der Waals surface area contributed by atoms with E-state index in [1.54, 1.807) is 18.2 Å². The summed E-state index contributed by atoms with van der Waals surface area (Å²) in [6.45, 7) is 4.40. The minimum Gasteiger partial charge on any atom is -0.505 e. The van der Waals surface area contributed by atoms with Crippen molar-refractivity contribution in [1.82, 2.24) is 5.32 Å². The molecule has 1 aromatic rings. The third-order valence-electron chi connectivity index (χ3n) is 4.34. The highest BCUT2D eigenvalue weighted by Crippen LogP contribution is 2.30. The molecule has 19 heavy (non-hydrogen) atoms. The molecule has 0 saturated heterocycles. The van der Waals surface area contributed by atoms with Gasteiger partial charge in [-0.1, -0.05) is 32.8 Å². The van der Waals surface area contributed by atoms with Gasteiger partial charge < -0.3 is 16.2 Å². The number of nitrogen functional groups attached to an aromatic ring is 1. The van der Waals surface area contributed by atoms with Gasteiger partial charge in [0.05, 0.1) is 11.3 Å². The predicted octanol–water partition coefficient (Wildman–Crippen LogP) is 2.53. The Kier molecular flexibility index (Phi) is 3.98. The van der Waals surface area contributed by atoms with Crippen LogP contribution in [-0.2, 0) is 0 Å². The van der Waals surface area contributed by atoms with Crippen molar-refractivity contribution in [2.45, 2.75) is 39.2 Å².